The topological polar surface area (TPSA) is 175 Å². The van der Waals surface area contributed by atoms with Gasteiger partial charge in [0.25, 0.3) is 0 Å². The van der Waals surface area contributed by atoms with Crippen molar-refractivity contribution in [1.29, 1.82) is 5.41 Å². The Morgan fingerprint density at radius 3 is 2.52 bits per heavy atom. The summed E-state index contributed by atoms with van der Waals surface area (Å²) in [6, 6.07) is 7.48. The first-order chi connectivity index (χ1) is 15.7. The molecule has 180 valence electrons. The molecule has 1 aliphatic heterocycles. The molecule has 1 aromatic rings. The number of rotatable bonds is 12. The van der Waals surface area contributed by atoms with Gasteiger partial charge in [-0.05, 0) is 24.8 Å². The number of nitrogens with zero attached hydrogens (tertiary/aromatic N) is 1. The Kier molecular flexibility index (Phi) is 9.86. The van der Waals surface area contributed by atoms with Crippen molar-refractivity contribution in [3.63, 3.8) is 0 Å². The van der Waals surface area contributed by atoms with Gasteiger partial charge in [-0.1, -0.05) is 48.9 Å². The molecule has 2 rings (SSSR count). The number of aliphatic carboxylic acids is 1. The lowest BCUT2D eigenvalue weighted by Gasteiger charge is -2.22. The van der Waals surface area contributed by atoms with Crippen molar-refractivity contribution in [1.82, 2.24) is 15.5 Å². The number of unbranched alkanes of at least 4 members (excludes halogenated alkanes) is 1. The molecule has 0 fully saturated rings. The van der Waals surface area contributed by atoms with Gasteiger partial charge in [0.15, 0.2) is 5.96 Å². The van der Waals surface area contributed by atoms with Crippen molar-refractivity contribution in [2.75, 3.05) is 19.6 Å². The molecule has 2 amide bonds. The maximum Gasteiger partial charge on any atom is 0.326 e. The molecule has 0 aromatic heterocycles. The van der Waals surface area contributed by atoms with Crippen molar-refractivity contribution in [3.05, 3.63) is 47.5 Å². The van der Waals surface area contributed by atoms with Gasteiger partial charge in [-0.3, -0.25) is 15.0 Å². The summed E-state index contributed by atoms with van der Waals surface area (Å²) in [5.41, 5.74) is 13.2. The van der Waals surface area contributed by atoms with Crippen LogP contribution in [0.4, 0.5) is 0 Å². The molecule has 0 bridgehead atoms. The van der Waals surface area contributed by atoms with E-state index < -0.39 is 18.1 Å². The van der Waals surface area contributed by atoms with E-state index in [0.717, 1.165) is 11.1 Å². The summed E-state index contributed by atoms with van der Waals surface area (Å²) in [5, 5.41) is 22.3. The Morgan fingerprint density at radius 1 is 1.21 bits per heavy atom. The van der Waals surface area contributed by atoms with Crippen molar-refractivity contribution in [2.45, 2.75) is 50.6 Å². The molecule has 0 radical (unpaired) electrons. The first-order valence-corrected chi connectivity index (χ1v) is 11.1. The highest BCUT2D eigenvalue weighted by molar-refractivity contribution is 5.84. The molecule has 10 heteroatoms. The van der Waals surface area contributed by atoms with E-state index in [1.807, 2.05) is 36.4 Å². The normalized spacial score (nSPS) is 15.8. The Bertz CT molecular complexity index is 873. The first-order valence-electron chi connectivity index (χ1n) is 11.1. The minimum Gasteiger partial charge on any atom is -0.480 e. The van der Waals surface area contributed by atoms with Gasteiger partial charge < -0.3 is 32.1 Å². The van der Waals surface area contributed by atoms with Gasteiger partial charge in [0, 0.05) is 32.0 Å². The predicted molar refractivity (Wildman–Crippen MR) is 125 cm³/mol. The molecule has 0 aliphatic carbocycles. The van der Waals surface area contributed by atoms with Crippen LogP contribution >= 0.6 is 0 Å². The van der Waals surface area contributed by atoms with E-state index in [1.165, 1.54) is 0 Å². The highest BCUT2D eigenvalue weighted by Crippen LogP contribution is 2.19. The molecule has 1 heterocycles. The average molecular weight is 459 g/mol. The van der Waals surface area contributed by atoms with E-state index in [1.54, 1.807) is 11.8 Å². The van der Waals surface area contributed by atoms with Crippen LogP contribution in [0.1, 0.15) is 44.1 Å². The number of carboxylic acids is 1. The fourth-order valence-corrected chi connectivity index (χ4v) is 3.67. The Balaban J connectivity index is 1.66. The van der Waals surface area contributed by atoms with Gasteiger partial charge in [0.05, 0.1) is 6.04 Å². The minimum atomic E-state index is -1.08. The monoisotopic (exact) mass is 458 g/mol. The SMILES string of the molecule is CC(c1ccccc1)C(NC(=O)CCCCNC(=O)C(N)CC1=CCN(C(=N)N)C1)C(=O)O. The lowest BCUT2D eigenvalue weighted by atomic mass is 9.93. The molecular weight excluding hydrogens is 424 g/mol. The second-order valence-corrected chi connectivity index (χ2v) is 8.27. The number of guanidine groups is 1. The van der Waals surface area contributed by atoms with Gasteiger partial charge in [0.2, 0.25) is 11.8 Å². The van der Waals surface area contributed by atoms with Crippen LogP contribution in [-0.2, 0) is 14.4 Å². The molecule has 33 heavy (non-hydrogen) atoms. The van der Waals surface area contributed by atoms with Gasteiger partial charge in [0.1, 0.15) is 6.04 Å². The standard InChI is InChI=1S/C23H34N6O4/c1-15(17-7-3-2-4-8-17)20(22(32)33)28-19(30)9-5-6-11-27-21(31)18(24)13-16-10-12-29(14-16)23(25)26/h2-4,7-8,10,15,18,20H,5-6,9,11-14,24H2,1H3,(H3,25,26)(H,27,31)(H,28,30)(H,32,33). The molecule has 3 atom stereocenters. The summed E-state index contributed by atoms with van der Waals surface area (Å²) >= 11 is 0. The summed E-state index contributed by atoms with van der Waals surface area (Å²) < 4.78 is 0. The summed E-state index contributed by atoms with van der Waals surface area (Å²) in [5.74, 6) is -2.07. The largest absolute Gasteiger partial charge is 0.480 e. The lowest BCUT2D eigenvalue weighted by molar-refractivity contribution is -0.142. The van der Waals surface area contributed by atoms with Gasteiger partial charge in [-0.2, -0.15) is 0 Å². The van der Waals surface area contributed by atoms with E-state index in [2.05, 4.69) is 10.6 Å². The summed E-state index contributed by atoms with van der Waals surface area (Å²) in [6.07, 6.45) is 3.57. The van der Waals surface area contributed by atoms with E-state index in [0.29, 0.717) is 38.9 Å². The highest BCUT2D eigenvalue weighted by atomic mass is 16.4. The fraction of sp³-hybridized carbons (Fsp3) is 0.478. The molecule has 1 aromatic carbocycles. The van der Waals surface area contributed by atoms with Crippen LogP contribution in [0.5, 0.6) is 0 Å². The zero-order chi connectivity index (χ0) is 24.4. The second kappa shape index (κ2) is 12.6. The first kappa shape index (κ1) is 25.9. The third-order valence-corrected chi connectivity index (χ3v) is 5.69. The quantitative estimate of drug-likeness (QED) is 0.114. The highest BCUT2D eigenvalue weighted by Gasteiger charge is 2.27. The average Bonchev–Trinajstić information content (AvgIpc) is 3.26. The molecule has 3 unspecified atom stereocenters. The van der Waals surface area contributed by atoms with Gasteiger partial charge in [-0.15, -0.1) is 0 Å². The van der Waals surface area contributed by atoms with Crippen LogP contribution in [0, 0.1) is 5.41 Å². The molecule has 0 saturated carbocycles. The molecule has 10 nitrogen and oxygen atoms in total. The number of carboxylic acid groups (broad SMARTS) is 1. The zero-order valence-corrected chi connectivity index (χ0v) is 18.9. The van der Waals surface area contributed by atoms with Crippen molar-refractivity contribution in [3.8, 4) is 0 Å². The second-order valence-electron chi connectivity index (χ2n) is 8.27. The Labute approximate surface area is 193 Å². The van der Waals surface area contributed by atoms with E-state index in [4.69, 9.17) is 16.9 Å². The fourth-order valence-electron chi connectivity index (χ4n) is 3.67. The number of amides is 2. The number of hydrogen-bond acceptors (Lipinski definition) is 5. The summed E-state index contributed by atoms with van der Waals surface area (Å²) in [7, 11) is 0. The maximum atomic E-state index is 12.3. The van der Waals surface area contributed by atoms with Crippen LogP contribution in [0.3, 0.4) is 0 Å². The Hall–Kier alpha value is -3.40. The molecular formula is C23H34N6O4. The number of hydrogen-bond donors (Lipinski definition) is 6. The van der Waals surface area contributed by atoms with Crippen LogP contribution in [0.2, 0.25) is 0 Å². The number of carbonyl (C=O) groups is 3. The van der Waals surface area contributed by atoms with Crippen LogP contribution in [0.25, 0.3) is 0 Å². The van der Waals surface area contributed by atoms with E-state index in [-0.39, 0.29) is 30.1 Å². The maximum absolute atomic E-state index is 12.3. The van der Waals surface area contributed by atoms with Crippen LogP contribution < -0.4 is 22.1 Å². The van der Waals surface area contributed by atoms with Gasteiger partial charge in [-0.25, -0.2) is 4.79 Å². The number of carbonyl (C=O) groups excluding carboxylic acids is 2. The van der Waals surface area contributed by atoms with E-state index >= 15 is 0 Å². The summed E-state index contributed by atoms with van der Waals surface area (Å²) in [6.45, 7) is 3.20. The molecule has 8 N–H and O–H groups in total. The number of nitrogens with two attached hydrogens (primary N) is 2. The lowest BCUT2D eigenvalue weighted by Crippen LogP contribution is -2.44. The van der Waals surface area contributed by atoms with Crippen LogP contribution in [-0.4, -0.2) is 65.5 Å². The third kappa shape index (κ3) is 8.23. The number of benzene rings is 1. The third-order valence-electron chi connectivity index (χ3n) is 5.69. The van der Waals surface area contributed by atoms with Crippen molar-refractivity contribution in [2.24, 2.45) is 11.5 Å². The predicted octanol–water partition coefficient (Wildman–Crippen LogP) is 0.499. The van der Waals surface area contributed by atoms with Crippen molar-refractivity contribution < 1.29 is 19.5 Å². The molecule has 0 spiro atoms. The zero-order valence-electron chi connectivity index (χ0n) is 18.9. The molecule has 1 aliphatic rings. The minimum absolute atomic E-state index is 0.00694. The smallest absolute Gasteiger partial charge is 0.326 e. The number of nitrogens with one attached hydrogen (secondary N) is 3. The Morgan fingerprint density at radius 2 is 1.91 bits per heavy atom. The summed E-state index contributed by atoms with van der Waals surface area (Å²) in [4.78, 5) is 37.8. The molecule has 0 saturated heterocycles. The van der Waals surface area contributed by atoms with Crippen LogP contribution in [0.15, 0.2) is 42.0 Å². The van der Waals surface area contributed by atoms with Crippen molar-refractivity contribution >= 4 is 23.7 Å². The van der Waals surface area contributed by atoms with E-state index in [9.17, 15) is 19.5 Å². The van der Waals surface area contributed by atoms with Gasteiger partial charge >= 0.3 is 5.97 Å².